The number of benzene rings is 2. The number of rotatable bonds is 6. The average molecular weight is 397 g/mol. The summed E-state index contributed by atoms with van der Waals surface area (Å²) in [7, 11) is 0. The van der Waals surface area contributed by atoms with Crippen molar-refractivity contribution in [2.75, 3.05) is 37.7 Å². The van der Waals surface area contributed by atoms with Gasteiger partial charge in [0.15, 0.2) is 12.4 Å². The third kappa shape index (κ3) is 4.53. The van der Waals surface area contributed by atoms with Crippen LogP contribution in [0.4, 0.5) is 11.4 Å². The van der Waals surface area contributed by atoms with E-state index >= 15 is 0 Å². The highest BCUT2D eigenvalue weighted by atomic mass is 16.6. The van der Waals surface area contributed by atoms with Crippen molar-refractivity contribution in [3.8, 4) is 5.75 Å². The van der Waals surface area contributed by atoms with Gasteiger partial charge in [-0.05, 0) is 43.2 Å². The molecule has 1 fully saturated rings. The van der Waals surface area contributed by atoms with Gasteiger partial charge in [0, 0.05) is 43.5 Å². The van der Waals surface area contributed by atoms with E-state index in [-0.39, 0.29) is 29.5 Å². The van der Waals surface area contributed by atoms with Crippen molar-refractivity contribution in [2.24, 2.45) is 0 Å². The van der Waals surface area contributed by atoms with Gasteiger partial charge in [-0.25, -0.2) is 0 Å². The summed E-state index contributed by atoms with van der Waals surface area (Å²) in [5, 5.41) is 11.2. The summed E-state index contributed by atoms with van der Waals surface area (Å²) in [5.74, 6) is -0.248. The Balaban J connectivity index is 1.59. The normalized spacial score (nSPS) is 13.9. The first-order chi connectivity index (χ1) is 13.9. The molecule has 0 atom stereocenters. The van der Waals surface area contributed by atoms with Crippen LogP contribution in [0.15, 0.2) is 36.4 Å². The lowest BCUT2D eigenvalue weighted by molar-refractivity contribution is -0.385. The molecule has 0 unspecified atom stereocenters. The Morgan fingerprint density at radius 1 is 1.17 bits per heavy atom. The number of nitro groups is 1. The molecule has 0 aromatic heterocycles. The Kier molecular flexibility index (Phi) is 6.11. The average Bonchev–Trinajstić information content (AvgIpc) is 2.74. The molecule has 0 bridgehead atoms. The van der Waals surface area contributed by atoms with Gasteiger partial charge < -0.3 is 14.5 Å². The fourth-order valence-electron chi connectivity index (χ4n) is 3.38. The molecule has 1 aliphatic rings. The molecule has 2 aromatic carbocycles. The largest absolute Gasteiger partial charge is 0.477 e. The molecule has 8 nitrogen and oxygen atoms in total. The quantitative estimate of drug-likeness (QED) is 0.423. The molecule has 0 aliphatic carbocycles. The fraction of sp³-hybridized carbons (Fsp3) is 0.333. The first-order valence-corrected chi connectivity index (χ1v) is 9.36. The number of anilines is 1. The number of piperazine rings is 1. The van der Waals surface area contributed by atoms with Crippen molar-refractivity contribution in [1.82, 2.24) is 4.90 Å². The third-order valence-electron chi connectivity index (χ3n) is 5.22. The number of carbonyl (C=O) groups is 2. The molecule has 2 aromatic rings. The lowest BCUT2D eigenvalue weighted by atomic mass is 10.1. The molecule has 29 heavy (non-hydrogen) atoms. The molecular formula is C21H23N3O5. The molecule has 8 heteroatoms. The molecule has 0 spiro atoms. The van der Waals surface area contributed by atoms with Gasteiger partial charge in [0.1, 0.15) is 6.29 Å². The summed E-state index contributed by atoms with van der Waals surface area (Å²) in [5.41, 5.74) is 3.50. The number of carbonyl (C=O) groups excluding carboxylic acids is 2. The maximum absolute atomic E-state index is 12.5. The van der Waals surface area contributed by atoms with Crippen molar-refractivity contribution in [3.63, 3.8) is 0 Å². The summed E-state index contributed by atoms with van der Waals surface area (Å²) in [6, 6.07) is 10.1. The first-order valence-electron chi connectivity index (χ1n) is 9.36. The Labute approximate surface area is 168 Å². The van der Waals surface area contributed by atoms with Crippen molar-refractivity contribution in [3.05, 3.63) is 63.2 Å². The maximum Gasteiger partial charge on any atom is 0.311 e. The highest BCUT2D eigenvalue weighted by Crippen LogP contribution is 2.28. The second-order valence-electron chi connectivity index (χ2n) is 6.98. The summed E-state index contributed by atoms with van der Waals surface area (Å²) in [4.78, 5) is 37.8. The zero-order valence-corrected chi connectivity index (χ0v) is 16.5. The van der Waals surface area contributed by atoms with Crippen LogP contribution in [0.5, 0.6) is 5.75 Å². The van der Waals surface area contributed by atoms with Crippen molar-refractivity contribution in [2.45, 2.75) is 13.8 Å². The van der Waals surface area contributed by atoms with Gasteiger partial charge in [0.2, 0.25) is 0 Å². The molecule has 152 valence electrons. The highest BCUT2D eigenvalue weighted by molar-refractivity contribution is 5.79. The Morgan fingerprint density at radius 2 is 1.90 bits per heavy atom. The zero-order valence-electron chi connectivity index (χ0n) is 16.5. The lowest BCUT2D eigenvalue weighted by Gasteiger charge is -2.37. The van der Waals surface area contributed by atoms with E-state index < -0.39 is 4.92 Å². The summed E-state index contributed by atoms with van der Waals surface area (Å²) in [6.07, 6.45) is 0.525. The molecule has 1 amide bonds. The van der Waals surface area contributed by atoms with Gasteiger partial charge in [-0.1, -0.05) is 12.1 Å². The van der Waals surface area contributed by atoms with Crippen molar-refractivity contribution < 1.29 is 19.2 Å². The van der Waals surface area contributed by atoms with E-state index in [0.29, 0.717) is 32.5 Å². The molecule has 0 radical (unpaired) electrons. The Hall–Kier alpha value is -3.42. The van der Waals surface area contributed by atoms with Crippen LogP contribution in [0.3, 0.4) is 0 Å². The number of amides is 1. The summed E-state index contributed by atoms with van der Waals surface area (Å²) < 4.78 is 5.40. The SMILES string of the molecule is Cc1cccc(N2CCN(C(=O)COc3ccc(C=O)cc3[N+](=O)[O-])CC2)c1C. The van der Waals surface area contributed by atoms with Gasteiger partial charge in [0.25, 0.3) is 5.91 Å². The summed E-state index contributed by atoms with van der Waals surface area (Å²) >= 11 is 0. The van der Waals surface area contributed by atoms with Gasteiger partial charge in [-0.2, -0.15) is 0 Å². The lowest BCUT2D eigenvalue weighted by Crippen LogP contribution is -2.50. The van der Waals surface area contributed by atoms with E-state index in [2.05, 4.69) is 30.9 Å². The first kappa shape index (κ1) is 20.3. The van der Waals surface area contributed by atoms with Crippen molar-refractivity contribution in [1.29, 1.82) is 0 Å². The van der Waals surface area contributed by atoms with E-state index in [1.54, 1.807) is 4.90 Å². The van der Waals surface area contributed by atoms with Crippen LogP contribution in [0, 0.1) is 24.0 Å². The fourth-order valence-corrected chi connectivity index (χ4v) is 3.38. The molecule has 0 saturated carbocycles. The molecule has 3 rings (SSSR count). The van der Waals surface area contributed by atoms with E-state index in [1.165, 1.54) is 28.9 Å². The highest BCUT2D eigenvalue weighted by Gasteiger charge is 2.24. The Morgan fingerprint density at radius 3 is 2.55 bits per heavy atom. The second-order valence-corrected chi connectivity index (χ2v) is 6.98. The van der Waals surface area contributed by atoms with E-state index in [0.717, 1.165) is 6.07 Å². The van der Waals surface area contributed by atoms with Gasteiger partial charge in [-0.15, -0.1) is 0 Å². The second kappa shape index (κ2) is 8.72. The monoisotopic (exact) mass is 397 g/mol. The number of hydrogen-bond acceptors (Lipinski definition) is 6. The summed E-state index contributed by atoms with van der Waals surface area (Å²) in [6.45, 7) is 6.43. The smallest absolute Gasteiger partial charge is 0.311 e. The number of nitrogens with zero attached hydrogens (tertiary/aromatic N) is 3. The number of ether oxygens (including phenoxy) is 1. The predicted octanol–water partition coefficient (Wildman–Crippen LogP) is 2.75. The van der Waals surface area contributed by atoms with Crippen LogP contribution in [-0.2, 0) is 4.79 Å². The maximum atomic E-state index is 12.5. The topological polar surface area (TPSA) is 93.0 Å². The number of hydrogen-bond donors (Lipinski definition) is 0. The zero-order chi connectivity index (χ0) is 21.0. The van der Waals surface area contributed by atoms with Crippen LogP contribution in [0.25, 0.3) is 0 Å². The molecule has 1 heterocycles. The molecular weight excluding hydrogens is 374 g/mol. The predicted molar refractivity (Wildman–Crippen MR) is 109 cm³/mol. The number of aryl methyl sites for hydroxylation is 1. The molecule has 1 saturated heterocycles. The van der Waals surface area contributed by atoms with Crippen LogP contribution in [-0.4, -0.2) is 54.8 Å². The van der Waals surface area contributed by atoms with Gasteiger partial charge >= 0.3 is 5.69 Å². The number of nitro benzene ring substituents is 1. The van der Waals surface area contributed by atoms with E-state index in [4.69, 9.17) is 4.74 Å². The minimum Gasteiger partial charge on any atom is -0.477 e. The number of aldehydes is 1. The van der Waals surface area contributed by atoms with E-state index in [9.17, 15) is 19.7 Å². The van der Waals surface area contributed by atoms with Crippen LogP contribution in [0.1, 0.15) is 21.5 Å². The molecule has 0 N–H and O–H groups in total. The van der Waals surface area contributed by atoms with Crippen LogP contribution >= 0.6 is 0 Å². The van der Waals surface area contributed by atoms with Crippen LogP contribution in [0.2, 0.25) is 0 Å². The van der Waals surface area contributed by atoms with Crippen LogP contribution < -0.4 is 9.64 Å². The Bertz CT molecular complexity index is 936. The molecule has 1 aliphatic heterocycles. The minimum absolute atomic E-state index is 0.0250. The standard InChI is InChI=1S/C21H23N3O5/c1-15-4-3-5-18(16(15)2)22-8-10-23(11-9-22)21(26)14-29-20-7-6-17(13-25)12-19(20)24(27)28/h3-7,12-13H,8-11,14H2,1-2H3. The van der Waals surface area contributed by atoms with E-state index in [1.807, 2.05) is 6.07 Å². The van der Waals surface area contributed by atoms with Gasteiger partial charge in [0.05, 0.1) is 4.92 Å². The third-order valence-corrected chi connectivity index (χ3v) is 5.22. The minimum atomic E-state index is -0.629. The van der Waals surface area contributed by atoms with Crippen molar-refractivity contribution >= 4 is 23.6 Å². The van der Waals surface area contributed by atoms with Gasteiger partial charge in [-0.3, -0.25) is 19.7 Å².